The minimum Gasteiger partial charge on any atom is -0.353 e. The fourth-order valence-electron chi connectivity index (χ4n) is 4.03. The second-order valence-electron chi connectivity index (χ2n) is 6.60. The van der Waals surface area contributed by atoms with Gasteiger partial charge in [0.25, 0.3) is 0 Å². The second kappa shape index (κ2) is 5.85. The summed E-state index contributed by atoms with van der Waals surface area (Å²) >= 11 is 0. The molecule has 2 aliphatic heterocycles. The number of amides is 1. The van der Waals surface area contributed by atoms with Gasteiger partial charge in [0.1, 0.15) is 0 Å². The first-order valence-corrected chi connectivity index (χ1v) is 8.47. The molecule has 1 amide bonds. The summed E-state index contributed by atoms with van der Waals surface area (Å²) in [5.74, 6) is 0.232. The highest BCUT2D eigenvalue weighted by molar-refractivity contribution is 5.96. The van der Waals surface area contributed by atoms with Crippen LogP contribution < -0.4 is 4.90 Å². The van der Waals surface area contributed by atoms with Gasteiger partial charge in [-0.25, -0.2) is 0 Å². The molecule has 0 saturated carbocycles. The van der Waals surface area contributed by atoms with Crippen LogP contribution in [0, 0.1) is 0 Å². The lowest BCUT2D eigenvalue weighted by Crippen LogP contribution is -2.39. The summed E-state index contributed by atoms with van der Waals surface area (Å²) in [6.07, 6.45) is 5.37. The van der Waals surface area contributed by atoms with Gasteiger partial charge >= 0.3 is 0 Å². The topological polar surface area (TPSA) is 28.5 Å². The van der Waals surface area contributed by atoms with Gasteiger partial charge in [-0.3, -0.25) is 9.69 Å². The van der Waals surface area contributed by atoms with Crippen LogP contribution in [0.15, 0.2) is 42.6 Å². The fourth-order valence-corrected chi connectivity index (χ4v) is 4.03. The summed E-state index contributed by atoms with van der Waals surface area (Å²) in [4.78, 5) is 17.2. The largest absolute Gasteiger partial charge is 0.353 e. The number of aryl methyl sites for hydroxylation is 1. The van der Waals surface area contributed by atoms with Crippen LogP contribution in [0.3, 0.4) is 0 Å². The maximum atomic E-state index is 12.8. The van der Waals surface area contributed by atoms with Crippen molar-refractivity contribution >= 4 is 11.6 Å². The summed E-state index contributed by atoms with van der Waals surface area (Å²) < 4.78 is 2.18. The second-order valence-corrected chi connectivity index (χ2v) is 6.60. The van der Waals surface area contributed by atoms with Gasteiger partial charge in [-0.1, -0.05) is 18.2 Å². The molecule has 4 heteroatoms. The first kappa shape index (κ1) is 14.5. The quantitative estimate of drug-likeness (QED) is 0.872. The zero-order valence-corrected chi connectivity index (χ0v) is 13.6. The molecule has 23 heavy (non-hydrogen) atoms. The van der Waals surface area contributed by atoms with Gasteiger partial charge in [-0.15, -0.1) is 0 Å². The zero-order valence-electron chi connectivity index (χ0n) is 13.6. The molecule has 4 nitrogen and oxygen atoms in total. The molecule has 0 spiro atoms. The summed E-state index contributed by atoms with van der Waals surface area (Å²) in [5, 5.41) is 0. The Morgan fingerprint density at radius 1 is 1.17 bits per heavy atom. The molecule has 1 saturated heterocycles. The molecule has 1 fully saturated rings. The van der Waals surface area contributed by atoms with E-state index in [4.69, 9.17) is 0 Å². The van der Waals surface area contributed by atoms with Gasteiger partial charge in [0, 0.05) is 31.2 Å². The van der Waals surface area contributed by atoms with Crippen LogP contribution in [0.4, 0.5) is 5.69 Å². The van der Waals surface area contributed by atoms with E-state index >= 15 is 0 Å². The third-order valence-electron chi connectivity index (χ3n) is 5.22. The number of carbonyl (C=O) groups excluding carboxylic acids is 1. The number of carbonyl (C=O) groups is 1. The Hall–Kier alpha value is -2.07. The monoisotopic (exact) mass is 309 g/mol. The van der Waals surface area contributed by atoms with Crippen molar-refractivity contribution in [2.75, 3.05) is 24.5 Å². The number of anilines is 1. The van der Waals surface area contributed by atoms with Gasteiger partial charge in [-0.05, 0) is 49.6 Å². The number of aromatic nitrogens is 1. The summed E-state index contributed by atoms with van der Waals surface area (Å²) in [6.45, 7) is 2.35. The Kier molecular flexibility index (Phi) is 3.69. The smallest absolute Gasteiger partial charge is 0.241 e. The van der Waals surface area contributed by atoms with Crippen molar-refractivity contribution in [1.82, 2.24) is 9.47 Å². The van der Waals surface area contributed by atoms with Crippen molar-refractivity contribution in [1.29, 1.82) is 0 Å². The first-order valence-electron chi connectivity index (χ1n) is 8.47. The average molecular weight is 309 g/mol. The summed E-state index contributed by atoms with van der Waals surface area (Å²) in [6, 6.07) is 12.9. The lowest BCUT2D eigenvalue weighted by atomic mass is 10.1. The normalized spacial score (nSPS) is 20.9. The van der Waals surface area contributed by atoms with Crippen LogP contribution in [0.25, 0.3) is 0 Å². The van der Waals surface area contributed by atoms with Crippen molar-refractivity contribution in [3.63, 3.8) is 0 Å². The molecule has 0 radical (unpaired) electrons. The number of likely N-dealkylation sites (tertiary alicyclic amines) is 1. The van der Waals surface area contributed by atoms with Crippen molar-refractivity contribution in [2.45, 2.75) is 25.3 Å². The van der Waals surface area contributed by atoms with E-state index in [1.54, 1.807) is 0 Å². The van der Waals surface area contributed by atoms with Crippen LogP contribution in [-0.2, 0) is 18.3 Å². The Balaban J connectivity index is 1.50. The Labute approximate surface area is 137 Å². The van der Waals surface area contributed by atoms with Crippen LogP contribution >= 0.6 is 0 Å². The zero-order chi connectivity index (χ0) is 15.8. The van der Waals surface area contributed by atoms with Gasteiger partial charge in [-0.2, -0.15) is 0 Å². The molecule has 2 aromatic rings. The number of hydrogen-bond donors (Lipinski definition) is 0. The molecule has 0 bridgehead atoms. The number of hydrogen-bond acceptors (Lipinski definition) is 2. The molecule has 1 aromatic carbocycles. The molecule has 1 unspecified atom stereocenters. The molecule has 1 aromatic heterocycles. The van der Waals surface area contributed by atoms with Crippen LogP contribution in [0.1, 0.15) is 30.1 Å². The Morgan fingerprint density at radius 2 is 2.04 bits per heavy atom. The van der Waals surface area contributed by atoms with Gasteiger partial charge < -0.3 is 9.47 Å². The summed E-state index contributed by atoms with van der Waals surface area (Å²) in [5.41, 5.74) is 3.71. The highest BCUT2D eigenvalue weighted by Crippen LogP contribution is 2.33. The van der Waals surface area contributed by atoms with Crippen molar-refractivity contribution in [3.05, 3.63) is 53.9 Å². The van der Waals surface area contributed by atoms with Crippen LogP contribution in [0.5, 0.6) is 0 Å². The van der Waals surface area contributed by atoms with Gasteiger partial charge in [0.15, 0.2) is 0 Å². The predicted octanol–water partition coefficient (Wildman–Crippen LogP) is 2.75. The van der Waals surface area contributed by atoms with E-state index in [0.29, 0.717) is 12.6 Å². The molecule has 0 N–H and O–H groups in total. The van der Waals surface area contributed by atoms with E-state index in [-0.39, 0.29) is 5.91 Å². The number of rotatable bonds is 3. The average Bonchev–Trinajstić information content (AvgIpc) is 3.26. The lowest BCUT2D eigenvalue weighted by Gasteiger charge is -2.27. The molecular weight excluding hydrogens is 286 g/mol. The minimum atomic E-state index is 0.232. The third kappa shape index (κ3) is 2.57. The highest BCUT2D eigenvalue weighted by atomic mass is 16.2. The molecule has 120 valence electrons. The molecule has 2 aliphatic rings. The molecule has 4 rings (SSSR count). The van der Waals surface area contributed by atoms with Crippen molar-refractivity contribution < 1.29 is 4.79 Å². The van der Waals surface area contributed by atoms with Crippen LogP contribution in [-0.4, -0.2) is 35.0 Å². The fraction of sp³-hybridized carbons (Fsp3) is 0.421. The number of fused-ring (bicyclic) bond motifs is 1. The van der Waals surface area contributed by atoms with E-state index < -0.39 is 0 Å². The first-order chi connectivity index (χ1) is 11.2. The lowest BCUT2D eigenvalue weighted by molar-refractivity contribution is -0.119. The van der Waals surface area contributed by atoms with Crippen LogP contribution in [0.2, 0.25) is 0 Å². The maximum absolute atomic E-state index is 12.8. The van der Waals surface area contributed by atoms with Gasteiger partial charge in [0.2, 0.25) is 5.91 Å². The molecule has 3 heterocycles. The predicted molar refractivity (Wildman–Crippen MR) is 91.5 cm³/mol. The van der Waals surface area contributed by atoms with E-state index in [1.165, 1.54) is 17.7 Å². The number of para-hydroxylation sites is 1. The van der Waals surface area contributed by atoms with E-state index in [0.717, 1.165) is 31.6 Å². The Bertz CT molecular complexity index is 721. The van der Waals surface area contributed by atoms with Crippen molar-refractivity contribution in [3.8, 4) is 0 Å². The Morgan fingerprint density at radius 3 is 2.87 bits per heavy atom. The summed E-state index contributed by atoms with van der Waals surface area (Å²) in [7, 11) is 2.09. The van der Waals surface area contributed by atoms with E-state index in [9.17, 15) is 4.79 Å². The molecule has 1 atom stereocenters. The SMILES string of the molecule is Cn1cccc1C1CCCN1CC(=O)N1CCc2ccccc21. The third-order valence-corrected chi connectivity index (χ3v) is 5.22. The maximum Gasteiger partial charge on any atom is 0.241 e. The van der Waals surface area contributed by atoms with Gasteiger partial charge in [0.05, 0.1) is 12.6 Å². The van der Waals surface area contributed by atoms with E-state index in [2.05, 4.69) is 53.0 Å². The number of nitrogens with zero attached hydrogens (tertiary/aromatic N) is 3. The van der Waals surface area contributed by atoms with Crippen molar-refractivity contribution in [2.24, 2.45) is 7.05 Å². The molecular formula is C19H23N3O. The molecule has 0 aliphatic carbocycles. The number of benzene rings is 1. The minimum absolute atomic E-state index is 0.232. The standard InChI is InChI=1S/C19H23N3O/c1-20-11-4-8-17(20)18-9-5-12-21(18)14-19(23)22-13-10-15-6-2-3-7-16(15)22/h2-4,6-8,11,18H,5,9-10,12-14H2,1H3. The highest BCUT2D eigenvalue weighted by Gasteiger charge is 2.32. The van der Waals surface area contributed by atoms with E-state index in [1.807, 2.05) is 11.0 Å².